The van der Waals surface area contributed by atoms with Crippen molar-refractivity contribution in [3.63, 3.8) is 0 Å². The van der Waals surface area contributed by atoms with Gasteiger partial charge in [-0.05, 0) is 18.2 Å². The van der Waals surface area contributed by atoms with Crippen LogP contribution in [-0.2, 0) is 0 Å². The summed E-state index contributed by atoms with van der Waals surface area (Å²) in [6.07, 6.45) is 0. The minimum absolute atomic E-state index is 0.236. The topological polar surface area (TPSA) is 30.2 Å². The summed E-state index contributed by atoms with van der Waals surface area (Å²) in [7, 11) is 0. The van der Waals surface area contributed by atoms with E-state index in [1.807, 2.05) is 30.3 Å². The van der Waals surface area contributed by atoms with Crippen LogP contribution in [0.4, 0.5) is 4.39 Å². The second kappa shape index (κ2) is 3.86. The van der Waals surface area contributed by atoms with E-state index in [4.69, 9.17) is 0 Å². The van der Waals surface area contributed by atoms with Crippen LogP contribution < -0.4 is 0 Å². The Labute approximate surface area is 112 Å². The Balaban J connectivity index is 1.98. The van der Waals surface area contributed by atoms with Gasteiger partial charge in [-0.3, -0.25) is 0 Å². The molecule has 0 saturated carbocycles. The quantitative estimate of drug-likeness (QED) is 0.527. The molecule has 92 valence electrons. The van der Waals surface area contributed by atoms with E-state index in [-0.39, 0.29) is 5.82 Å². The number of halogens is 1. The van der Waals surface area contributed by atoms with Gasteiger partial charge in [0.25, 0.3) is 0 Å². The highest BCUT2D eigenvalue weighted by molar-refractivity contribution is 7.23. The lowest BCUT2D eigenvalue weighted by Crippen LogP contribution is -1.85. The smallest absolute Gasteiger partial charge is 0.207 e. The lowest BCUT2D eigenvalue weighted by atomic mass is 10.2. The minimum Gasteiger partial charge on any atom is -0.207 e. The molecule has 2 aromatic carbocycles. The molecule has 3 nitrogen and oxygen atoms in total. The first kappa shape index (κ1) is 10.6. The van der Waals surface area contributed by atoms with Crippen molar-refractivity contribution >= 4 is 26.5 Å². The van der Waals surface area contributed by atoms with Gasteiger partial charge < -0.3 is 0 Å². The summed E-state index contributed by atoms with van der Waals surface area (Å²) >= 11 is 1.44. The average Bonchev–Trinajstić information content (AvgIpc) is 2.96. The number of hydrogen-bond acceptors (Lipinski definition) is 3. The summed E-state index contributed by atoms with van der Waals surface area (Å²) < 4.78 is 15.8. The van der Waals surface area contributed by atoms with E-state index in [0.29, 0.717) is 5.82 Å². The van der Waals surface area contributed by atoms with Crippen molar-refractivity contribution in [1.29, 1.82) is 0 Å². The molecular formula is C14H8FN3S. The van der Waals surface area contributed by atoms with E-state index >= 15 is 0 Å². The Hall–Kier alpha value is -2.27. The highest BCUT2D eigenvalue weighted by Crippen LogP contribution is 2.27. The van der Waals surface area contributed by atoms with Gasteiger partial charge in [0.15, 0.2) is 5.82 Å². The van der Waals surface area contributed by atoms with Gasteiger partial charge >= 0.3 is 0 Å². The summed E-state index contributed by atoms with van der Waals surface area (Å²) in [5, 5.41) is 4.49. The molecule has 0 aliphatic rings. The number of nitrogens with zero attached hydrogens (tertiary/aromatic N) is 3. The van der Waals surface area contributed by atoms with Crippen LogP contribution in [0.3, 0.4) is 0 Å². The number of aromatic nitrogens is 3. The number of fused-ring (bicyclic) bond motifs is 3. The van der Waals surface area contributed by atoms with Gasteiger partial charge in [0.1, 0.15) is 5.82 Å². The number of benzene rings is 2. The highest BCUT2D eigenvalue weighted by Gasteiger charge is 2.11. The molecule has 2 heterocycles. The van der Waals surface area contributed by atoms with E-state index in [1.165, 1.54) is 23.5 Å². The molecule has 0 aliphatic carbocycles. The number of hydrogen-bond donors (Lipinski definition) is 0. The summed E-state index contributed by atoms with van der Waals surface area (Å²) in [6.45, 7) is 0. The van der Waals surface area contributed by atoms with Crippen LogP contribution in [0.1, 0.15) is 0 Å². The molecule has 5 heteroatoms. The van der Waals surface area contributed by atoms with Gasteiger partial charge in [0.2, 0.25) is 4.96 Å². The van der Waals surface area contributed by atoms with E-state index in [1.54, 1.807) is 10.6 Å². The van der Waals surface area contributed by atoms with Crippen molar-refractivity contribution in [3.8, 4) is 11.4 Å². The van der Waals surface area contributed by atoms with Crippen LogP contribution in [0.15, 0.2) is 48.5 Å². The van der Waals surface area contributed by atoms with E-state index in [0.717, 1.165) is 20.7 Å². The highest BCUT2D eigenvalue weighted by atomic mass is 32.1. The van der Waals surface area contributed by atoms with Gasteiger partial charge in [-0.2, -0.15) is 4.98 Å². The van der Waals surface area contributed by atoms with Gasteiger partial charge in [0.05, 0.1) is 10.2 Å². The molecule has 4 aromatic rings. The van der Waals surface area contributed by atoms with Crippen LogP contribution in [0, 0.1) is 5.82 Å². The molecule has 0 unspecified atom stereocenters. The lowest BCUT2D eigenvalue weighted by Gasteiger charge is -1.93. The van der Waals surface area contributed by atoms with Gasteiger partial charge in [-0.1, -0.05) is 41.7 Å². The maximum absolute atomic E-state index is 13.2. The first-order valence-corrected chi connectivity index (χ1v) is 6.63. The SMILES string of the molecule is Fc1ccc2c(c1)sc1nc(-c3ccccc3)nn12. The van der Waals surface area contributed by atoms with Crippen LogP contribution in [0.25, 0.3) is 26.6 Å². The number of thiazole rings is 1. The second-order valence-corrected chi connectivity index (χ2v) is 5.22. The molecule has 0 fully saturated rings. The molecule has 0 saturated heterocycles. The van der Waals surface area contributed by atoms with Gasteiger partial charge in [-0.15, -0.1) is 5.10 Å². The van der Waals surface area contributed by atoms with Crippen molar-refractivity contribution in [1.82, 2.24) is 14.6 Å². The molecule has 0 bridgehead atoms. The molecular weight excluding hydrogens is 261 g/mol. The Kier molecular flexibility index (Phi) is 2.16. The summed E-state index contributed by atoms with van der Waals surface area (Å²) in [4.78, 5) is 5.28. The molecule has 0 N–H and O–H groups in total. The van der Waals surface area contributed by atoms with Crippen LogP contribution in [0.5, 0.6) is 0 Å². The molecule has 19 heavy (non-hydrogen) atoms. The van der Waals surface area contributed by atoms with Crippen molar-refractivity contribution in [2.45, 2.75) is 0 Å². The van der Waals surface area contributed by atoms with Crippen molar-refractivity contribution in [2.24, 2.45) is 0 Å². The first-order chi connectivity index (χ1) is 9.31. The van der Waals surface area contributed by atoms with Gasteiger partial charge in [0, 0.05) is 5.56 Å². The zero-order valence-corrected chi connectivity index (χ0v) is 10.6. The van der Waals surface area contributed by atoms with Crippen LogP contribution >= 0.6 is 11.3 Å². The fourth-order valence-electron chi connectivity index (χ4n) is 2.07. The van der Waals surface area contributed by atoms with Crippen molar-refractivity contribution in [2.75, 3.05) is 0 Å². The fourth-order valence-corrected chi connectivity index (χ4v) is 3.06. The second-order valence-electron chi connectivity index (χ2n) is 4.21. The zero-order chi connectivity index (χ0) is 12.8. The molecule has 0 aliphatic heterocycles. The lowest BCUT2D eigenvalue weighted by molar-refractivity contribution is 0.630. The Morgan fingerprint density at radius 3 is 2.74 bits per heavy atom. The molecule has 0 spiro atoms. The van der Waals surface area contributed by atoms with Crippen molar-refractivity contribution < 1.29 is 4.39 Å². The predicted molar refractivity (Wildman–Crippen MR) is 73.8 cm³/mol. The largest absolute Gasteiger partial charge is 0.213 e. The normalized spacial score (nSPS) is 11.4. The van der Waals surface area contributed by atoms with E-state index in [2.05, 4.69) is 10.1 Å². The molecule has 0 radical (unpaired) electrons. The maximum atomic E-state index is 13.2. The standard InChI is InChI=1S/C14H8FN3S/c15-10-6-7-11-12(8-10)19-14-16-13(17-18(11)14)9-4-2-1-3-5-9/h1-8H. The molecule has 4 rings (SSSR count). The third-order valence-corrected chi connectivity index (χ3v) is 3.95. The first-order valence-electron chi connectivity index (χ1n) is 5.81. The average molecular weight is 269 g/mol. The van der Waals surface area contributed by atoms with E-state index < -0.39 is 0 Å². The van der Waals surface area contributed by atoms with Gasteiger partial charge in [-0.25, -0.2) is 8.91 Å². The minimum atomic E-state index is -0.236. The molecule has 2 aromatic heterocycles. The monoisotopic (exact) mass is 269 g/mol. The Morgan fingerprint density at radius 1 is 1.05 bits per heavy atom. The summed E-state index contributed by atoms with van der Waals surface area (Å²) in [6, 6.07) is 14.5. The third kappa shape index (κ3) is 1.62. The Morgan fingerprint density at radius 2 is 1.89 bits per heavy atom. The number of rotatable bonds is 1. The summed E-state index contributed by atoms with van der Waals surface area (Å²) in [5.41, 5.74) is 1.87. The van der Waals surface area contributed by atoms with Crippen LogP contribution in [0.2, 0.25) is 0 Å². The predicted octanol–water partition coefficient (Wildman–Crippen LogP) is 3.75. The molecule has 0 atom stereocenters. The Bertz CT molecular complexity index is 880. The fraction of sp³-hybridized carbons (Fsp3) is 0. The van der Waals surface area contributed by atoms with Crippen molar-refractivity contribution in [3.05, 3.63) is 54.3 Å². The van der Waals surface area contributed by atoms with Crippen LogP contribution in [-0.4, -0.2) is 14.6 Å². The van der Waals surface area contributed by atoms with E-state index in [9.17, 15) is 4.39 Å². The zero-order valence-electron chi connectivity index (χ0n) is 9.75. The summed E-state index contributed by atoms with van der Waals surface area (Å²) in [5.74, 6) is 0.457. The maximum Gasteiger partial charge on any atom is 0.213 e. The third-order valence-electron chi connectivity index (χ3n) is 2.96. The molecule has 0 amide bonds.